The third-order valence-electron chi connectivity index (χ3n) is 1.60. The average Bonchev–Trinajstić information content (AvgIpc) is 2.25. The molecule has 16 heavy (non-hydrogen) atoms. The molecule has 0 saturated heterocycles. The lowest BCUT2D eigenvalue weighted by atomic mass is 10.2. The van der Waals surface area contributed by atoms with E-state index in [-0.39, 0.29) is 0 Å². The van der Waals surface area contributed by atoms with Gasteiger partial charge in [-0.05, 0) is 0 Å². The van der Waals surface area contributed by atoms with Gasteiger partial charge in [-0.1, -0.05) is 30.3 Å². The van der Waals surface area contributed by atoms with Crippen LogP contribution in [0.25, 0.3) is 0 Å². The first-order valence-electron chi connectivity index (χ1n) is 4.65. The van der Waals surface area contributed by atoms with E-state index in [1.54, 1.807) is 30.3 Å². The Hall–Kier alpha value is -1.88. The largest absolute Gasteiger partial charge is 0.428 e. The molecule has 0 aliphatic heterocycles. The lowest BCUT2D eigenvalue weighted by Crippen LogP contribution is -2.14. The van der Waals surface area contributed by atoms with E-state index in [0.717, 1.165) is 0 Å². The highest BCUT2D eigenvalue weighted by atomic mass is 17.2. The van der Waals surface area contributed by atoms with Crippen LogP contribution in [0.1, 0.15) is 25.7 Å². The van der Waals surface area contributed by atoms with Crippen LogP contribution in [0.4, 0.5) is 0 Å². The molecule has 1 aromatic rings. The number of ether oxygens (including phenoxy) is 1. The van der Waals surface area contributed by atoms with Crippen molar-refractivity contribution in [3.8, 4) is 0 Å². The maximum atomic E-state index is 10.8. The minimum absolute atomic E-state index is 0.527. The van der Waals surface area contributed by atoms with E-state index < -0.39 is 18.2 Å². The second-order valence-corrected chi connectivity index (χ2v) is 3.02. The Morgan fingerprint density at radius 1 is 1.06 bits per heavy atom. The third-order valence-corrected chi connectivity index (χ3v) is 1.60. The highest BCUT2D eigenvalue weighted by molar-refractivity contribution is 5.66. The molecule has 1 rings (SSSR count). The van der Waals surface area contributed by atoms with E-state index in [1.165, 1.54) is 13.8 Å². The van der Waals surface area contributed by atoms with Gasteiger partial charge in [-0.15, -0.1) is 4.89 Å². The van der Waals surface area contributed by atoms with Crippen LogP contribution in [0.3, 0.4) is 0 Å². The Labute approximate surface area is 92.8 Å². The molecule has 1 atom stereocenters. The van der Waals surface area contributed by atoms with Crippen molar-refractivity contribution >= 4 is 11.9 Å². The summed E-state index contributed by atoms with van der Waals surface area (Å²) in [5.74, 6) is -1.14. The molecule has 0 amide bonds. The van der Waals surface area contributed by atoms with Gasteiger partial charge in [-0.2, -0.15) is 0 Å². The molecule has 0 fully saturated rings. The smallest absolute Gasteiger partial charge is 0.339 e. The molecular formula is C11H12O5. The van der Waals surface area contributed by atoms with Crippen molar-refractivity contribution in [2.45, 2.75) is 20.1 Å². The van der Waals surface area contributed by atoms with Crippen LogP contribution in [0.5, 0.6) is 0 Å². The van der Waals surface area contributed by atoms with E-state index in [0.29, 0.717) is 5.56 Å². The number of carbonyl (C=O) groups is 2. The zero-order valence-corrected chi connectivity index (χ0v) is 9.01. The van der Waals surface area contributed by atoms with Gasteiger partial charge < -0.3 is 4.74 Å². The molecule has 0 aliphatic carbocycles. The summed E-state index contributed by atoms with van der Waals surface area (Å²) in [6.07, 6.45) is -1.04. The Morgan fingerprint density at radius 2 is 1.69 bits per heavy atom. The highest BCUT2D eigenvalue weighted by Crippen LogP contribution is 2.19. The van der Waals surface area contributed by atoms with Crippen LogP contribution in [0.15, 0.2) is 30.3 Å². The van der Waals surface area contributed by atoms with Crippen molar-refractivity contribution in [1.29, 1.82) is 0 Å². The molecule has 1 unspecified atom stereocenters. The van der Waals surface area contributed by atoms with Crippen molar-refractivity contribution in [2.24, 2.45) is 0 Å². The van der Waals surface area contributed by atoms with Crippen LogP contribution >= 0.6 is 0 Å². The Kier molecular flexibility index (Phi) is 4.47. The summed E-state index contributed by atoms with van der Waals surface area (Å²) >= 11 is 0. The molecule has 0 spiro atoms. The summed E-state index contributed by atoms with van der Waals surface area (Å²) in [6, 6.07) is 8.69. The van der Waals surface area contributed by atoms with Gasteiger partial charge in [0, 0.05) is 19.4 Å². The predicted molar refractivity (Wildman–Crippen MR) is 53.8 cm³/mol. The first-order chi connectivity index (χ1) is 7.59. The molecule has 0 radical (unpaired) electrons. The second-order valence-electron chi connectivity index (χ2n) is 3.02. The fraction of sp³-hybridized carbons (Fsp3) is 0.273. The van der Waals surface area contributed by atoms with Crippen molar-refractivity contribution in [1.82, 2.24) is 0 Å². The topological polar surface area (TPSA) is 61.8 Å². The number of hydrogen-bond acceptors (Lipinski definition) is 5. The van der Waals surface area contributed by atoms with Crippen LogP contribution in [-0.2, 0) is 24.1 Å². The molecular weight excluding hydrogens is 212 g/mol. The van der Waals surface area contributed by atoms with Crippen LogP contribution in [-0.4, -0.2) is 11.9 Å². The monoisotopic (exact) mass is 224 g/mol. The highest BCUT2D eigenvalue weighted by Gasteiger charge is 2.17. The summed E-state index contributed by atoms with van der Waals surface area (Å²) in [4.78, 5) is 30.5. The van der Waals surface area contributed by atoms with Crippen LogP contribution in [0, 0.1) is 0 Å². The molecule has 0 bridgehead atoms. The van der Waals surface area contributed by atoms with Crippen molar-refractivity contribution in [3.63, 3.8) is 0 Å². The number of benzene rings is 1. The normalized spacial score (nSPS) is 11.6. The SMILES string of the molecule is CC(=O)OOC(OC(C)=O)c1ccccc1. The Balaban J connectivity index is 2.71. The third kappa shape index (κ3) is 4.10. The minimum Gasteiger partial charge on any atom is -0.428 e. The summed E-state index contributed by atoms with van der Waals surface area (Å²) in [6.45, 7) is 2.43. The molecule has 5 nitrogen and oxygen atoms in total. The van der Waals surface area contributed by atoms with E-state index in [4.69, 9.17) is 9.62 Å². The molecule has 0 heterocycles. The average molecular weight is 224 g/mol. The van der Waals surface area contributed by atoms with Crippen LogP contribution < -0.4 is 0 Å². The summed E-state index contributed by atoms with van der Waals surface area (Å²) in [5, 5.41) is 0. The standard InChI is InChI=1S/C11H12O5/c1-8(12)14-11(16-15-9(2)13)10-6-4-3-5-7-10/h3-7,11H,1-2H3. The van der Waals surface area contributed by atoms with Gasteiger partial charge in [0.05, 0.1) is 0 Å². The molecule has 0 aliphatic rings. The Bertz CT molecular complexity index is 360. The number of esters is 1. The van der Waals surface area contributed by atoms with Gasteiger partial charge in [0.2, 0.25) is 0 Å². The van der Waals surface area contributed by atoms with Gasteiger partial charge in [-0.3, -0.25) is 9.68 Å². The summed E-state index contributed by atoms with van der Waals surface area (Å²) in [5.41, 5.74) is 0.582. The van der Waals surface area contributed by atoms with E-state index in [2.05, 4.69) is 4.89 Å². The van der Waals surface area contributed by atoms with E-state index in [1.807, 2.05) is 0 Å². The summed E-state index contributed by atoms with van der Waals surface area (Å²) < 4.78 is 4.85. The first kappa shape index (κ1) is 12.2. The summed E-state index contributed by atoms with van der Waals surface area (Å²) in [7, 11) is 0. The maximum Gasteiger partial charge on any atom is 0.339 e. The lowest BCUT2D eigenvalue weighted by Gasteiger charge is -2.15. The van der Waals surface area contributed by atoms with Crippen molar-refractivity contribution in [2.75, 3.05) is 0 Å². The van der Waals surface area contributed by atoms with E-state index in [9.17, 15) is 9.59 Å². The van der Waals surface area contributed by atoms with Crippen molar-refractivity contribution < 1.29 is 24.1 Å². The fourth-order valence-electron chi connectivity index (χ4n) is 1.02. The minimum atomic E-state index is -1.04. The molecule has 86 valence electrons. The van der Waals surface area contributed by atoms with Gasteiger partial charge >= 0.3 is 11.9 Å². The maximum absolute atomic E-state index is 10.8. The zero-order valence-electron chi connectivity index (χ0n) is 9.01. The number of hydrogen-bond donors (Lipinski definition) is 0. The number of rotatable bonds is 4. The van der Waals surface area contributed by atoms with Gasteiger partial charge in [0.1, 0.15) is 0 Å². The Morgan fingerprint density at radius 3 is 2.19 bits per heavy atom. The quantitative estimate of drug-likeness (QED) is 0.337. The van der Waals surface area contributed by atoms with Gasteiger partial charge in [0.25, 0.3) is 6.29 Å². The van der Waals surface area contributed by atoms with Crippen LogP contribution in [0.2, 0.25) is 0 Å². The van der Waals surface area contributed by atoms with Gasteiger partial charge in [-0.25, -0.2) is 4.79 Å². The molecule has 1 aromatic carbocycles. The zero-order chi connectivity index (χ0) is 12.0. The lowest BCUT2D eigenvalue weighted by molar-refractivity contribution is -0.347. The molecule has 0 saturated carbocycles. The van der Waals surface area contributed by atoms with Gasteiger partial charge in [0.15, 0.2) is 0 Å². The fourth-order valence-corrected chi connectivity index (χ4v) is 1.02. The predicted octanol–water partition coefficient (Wildman–Crippen LogP) is 1.74. The van der Waals surface area contributed by atoms with E-state index >= 15 is 0 Å². The molecule has 0 aromatic heterocycles. The van der Waals surface area contributed by atoms with Crippen molar-refractivity contribution in [3.05, 3.63) is 35.9 Å². The number of carbonyl (C=O) groups excluding carboxylic acids is 2. The molecule has 5 heteroatoms. The second kappa shape index (κ2) is 5.87. The molecule has 0 N–H and O–H groups in total. The first-order valence-corrected chi connectivity index (χ1v) is 4.65.